The number of hydrogen-bond donors (Lipinski definition) is 1. The van der Waals surface area contributed by atoms with Crippen LogP contribution in [-0.2, 0) is 6.54 Å². The number of para-hydroxylation sites is 1. The number of nitriles is 1. The molecule has 3 heteroatoms. The molecule has 1 heterocycles. The standard InChI is InChI=1S/C18H15N3/c1-13-6-8-14(9-7-13)12-20-18-10-15(11-19)16-4-2-3-5-17(16)21-18/h2-10H,12H2,1H3,(H,20,21). The molecule has 0 aliphatic carbocycles. The van der Waals surface area contributed by atoms with Crippen molar-refractivity contribution in [2.45, 2.75) is 13.5 Å². The summed E-state index contributed by atoms with van der Waals surface area (Å²) in [5.74, 6) is 0.728. The van der Waals surface area contributed by atoms with Crippen molar-refractivity contribution in [3.05, 3.63) is 71.3 Å². The summed E-state index contributed by atoms with van der Waals surface area (Å²) in [6.07, 6.45) is 0. The molecule has 0 amide bonds. The van der Waals surface area contributed by atoms with Gasteiger partial charge in [-0.05, 0) is 24.6 Å². The third kappa shape index (κ3) is 2.85. The van der Waals surface area contributed by atoms with Gasteiger partial charge in [-0.3, -0.25) is 0 Å². The molecule has 2 aromatic carbocycles. The molecule has 0 atom stereocenters. The second-order valence-corrected chi connectivity index (χ2v) is 5.02. The summed E-state index contributed by atoms with van der Waals surface area (Å²) in [7, 11) is 0. The predicted molar refractivity (Wildman–Crippen MR) is 85.0 cm³/mol. The number of aryl methyl sites for hydroxylation is 1. The van der Waals surface area contributed by atoms with Crippen LogP contribution in [0.25, 0.3) is 10.9 Å². The minimum Gasteiger partial charge on any atom is -0.366 e. The lowest BCUT2D eigenvalue weighted by Crippen LogP contribution is -2.02. The van der Waals surface area contributed by atoms with Gasteiger partial charge in [-0.2, -0.15) is 5.26 Å². The van der Waals surface area contributed by atoms with Crippen molar-refractivity contribution < 1.29 is 0 Å². The van der Waals surface area contributed by atoms with Gasteiger partial charge in [0.2, 0.25) is 0 Å². The Balaban J connectivity index is 1.87. The molecule has 0 saturated carbocycles. The Bertz CT molecular complexity index is 814. The van der Waals surface area contributed by atoms with Gasteiger partial charge in [0.1, 0.15) is 5.82 Å². The van der Waals surface area contributed by atoms with Crippen LogP contribution < -0.4 is 5.32 Å². The van der Waals surface area contributed by atoms with E-state index >= 15 is 0 Å². The number of pyridine rings is 1. The highest BCUT2D eigenvalue weighted by Gasteiger charge is 2.04. The van der Waals surface area contributed by atoms with Crippen molar-refractivity contribution in [1.29, 1.82) is 5.26 Å². The van der Waals surface area contributed by atoms with E-state index < -0.39 is 0 Å². The first-order valence-corrected chi connectivity index (χ1v) is 6.85. The summed E-state index contributed by atoms with van der Waals surface area (Å²) >= 11 is 0. The Kier molecular flexibility index (Phi) is 3.53. The molecular weight excluding hydrogens is 258 g/mol. The molecule has 0 fully saturated rings. The van der Waals surface area contributed by atoms with Gasteiger partial charge in [0.05, 0.1) is 17.1 Å². The van der Waals surface area contributed by atoms with E-state index in [9.17, 15) is 5.26 Å². The second kappa shape index (κ2) is 5.64. The second-order valence-electron chi connectivity index (χ2n) is 5.02. The molecule has 21 heavy (non-hydrogen) atoms. The van der Waals surface area contributed by atoms with Gasteiger partial charge >= 0.3 is 0 Å². The largest absolute Gasteiger partial charge is 0.366 e. The number of rotatable bonds is 3. The molecule has 0 saturated heterocycles. The monoisotopic (exact) mass is 273 g/mol. The number of aromatic nitrogens is 1. The molecule has 3 nitrogen and oxygen atoms in total. The summed E-state index contributed by atoms with van der Waals surface area (Å²) in [5.41, 5.74) is 3.92. The number of nitrogens with one attached hydrogen (secondary N) is 1. The van der Waals surface area contributed by atoms with Crippen molar-refractivity contribution in [2.24, 2.45) is 0 Å². The molecule has 0 unspecified atom stereocenters. The van der Waals surface area contributed by atoms with Crippen LogP contribution in [-0.4, -0.2) is 4.98 Å². The zero-order valence-electron chi connectivity index (χ0n) is 11.8. The van der Waals surface area contributed by atoms with Crippen LogP contribution >= 0.6 is 0 Å². The van der Waals surface area contributed by atoms with Crippen LogP contribution in [0.4, 0.5) is 5.82 Å². The fraction of sp³-hybridized carbons (Fsp3) is 0.111. The van der Waals surface area contributed by atoms with Gasteiger partial charge in [0.25, 0.3) is 0 Å². The van der Waals surface area contributed by atoms with Gasteiger partial charge in [-0.1, -0.05) is 48.0 Å². The molecule has 1 aromatic heterocycles. The van der Waals surface area contributed by atoms with Crippen LogP contribution in [0.5, 0.6) is 0 Å². The van der Waals surface area contributed by atoms with Crippen molar-refractivity contribution in [3.63, 3.8) is 0 Å². The molecule has 0 bridgehead atoms. The SMILES string of the molecule is Cc1ccc(CNc2cc(C#N)c3ccccc3n2)cc1. The van der Waals surface area contributed by atoms with E-state index in [-0.39, 0.29) is 0 Å². The molecule has 0 aliphatic rings. The predicted octanol–water partition coefficient (Wildman–Crippen LogP) is 4.03. The molecular formula is C18H15N3. The molecule has 3 aromatic rings. The fourth-order valence-electron chi connectivity index (χ4n) is 2.26. The summed E-state index contributed by atoms with van der Waals surface area (Å²) in [6.45, 7) is 2.76. The summed E-state index contributed by atoms with van der Waals surface area (Å²) in [5, 5.41) is 13.4. The average molecular weight is 273 g/mol. The Morgan fingerprint density at radius 1 is 1.10 bits per heavy atom. The van der Waals surface area contributed by atoms with Crippen LogP contribution in [0.15, 0.2) is 54.6 Å². The summed E-state index contributed by atoms with van der Waals surface area (Å²) in [4.78, 5) is 4.55. The highest BCUT2D eigenvalue weighted by Crippen LogP contribution is 2.20. The maximum absolute atomic E-state index is 9.27. The highest BCUT2D eigenvalue weighted by atomic mass is 15.0. The molecule has 1 N–H and O–H groups in total. The highest BCUT2D eigenvalue weighted by molar-refractivity contribution is 5.86. The van der Waals surface area contributed by atoms with E-state index in [1.54, 1.807) is 6.07 Å². The molecule has 0 aliphatic heterocycles. The number of anilines is 1. The molecule has 102 valence electrons. The van der Waals surface area contributed by atoms with Crippen molar-refractivity contribution in [1.82, 2.24) is 4.98 Å². The lowest BCUT2D eigenvalue weighted by molar-refractivity contribution is 1.12. The Morgan fingerprint density at radius 3 is 2.62 bits per heavy atom. The Labute approximate surface area is 123 Å². The van der Waals surface area contributed by atoms with Gasteiger partial charge < -0.3 is 5.32 Å². The van der Waals surface area contributed by atoms with E-state index in [0.29, 0.717) is 12.1 Å². The third-order valence-corrected chi connectivity index (χ3v) is 3.43. The molecule has 0 spiro atoms. The first kappa shape index (κ1) is 13.1. The van der Waals surface area contributed by atoms with Gasteiger partial charge in [0, 0.05) is 11.9 Å². The maximum Gasteiger partial charge on any atom is 0.128 e. The van der Waals surface area contributed by atoms with Crippen LogP contribution in [0.2, 0.25) is 0 Å². The van der Waals surface area contributed by atoms with E-state index in [4.69, 9.17) is 0 Å². The number of benzene rings is 2. The van der Waals surface area contributed by atoms with Crippen LogP contribution in [0, 0.1) is 18.3 Å². The Morgan fingerprint density at radius 2 is 1.86 bits per heavy atom. The van der Waals surface area contributed by atoms with E-state index in [1.165, 1.54) is 11.1 Å². The first-order chi connectivity index (χ1) is 10.3. The zero-order valence-corrected chi connectivity index (χ0v) is 11.8. The number of fused-ring (bicyclic) bond motifs is 1. The van der Waals surface area contributed by atoms with Gasteiger partial charge in [0.15, 0.2) is 0 Å². The smallest absolute Gasteiger partial charge is 0.128 e. The lowest BCUT2D eigenvalue weighted by atomic mass is 10.1. The van der Waals surface area contributed by atoms with Gasteiger partial charge in [-0.15, -0.1) is 0 Å². The van der Waals surface area contributed by atoms with E-state index in [1.807, 2.05) is 24.3 Å². The first-order valence-electron chi connectivity index (χ1n) is 6.85. The topological polar surface area (TPSA) is 48.7 Å². The van der Waals surface area contributed by atoms with Gasteiger partial charge in [-0.25, -0.2) is 4.98 Å². The number of nitrogens with zero attached hydrogens (tertiary/aromatic N) is 2. The third-order valence-electron chi connectivity index (χ3n) is 3.43. The summed E-state index contributed by atoms with van der Waals surface area (Å²) in [6, 6.07) is 20.1. The minimum atomic E-state index is 0.645. The number of hydrogen-bond acceptors (Lipinski definition) is 3. The van der Waals surface area contributed by atoms with Crippen LogP contribution in [0.1, 0.15) is 16.7 Å². The molecule has 3 rings (SSSR count). The average Bonchev–Trinajstić information content (AvgIpc) is 2.53. The lowest BCUT2D eigenvalue weighted by Gasteiger charge is -2.08. The Hall–Kier alpha value is -2.86. The molecule has 0 radical (unpaired) electrons. The van der Waals surface area contributed by atoms with Crippen molar-refractivity contribution >= 4 is 16.7 Å². The minimum absolute atomic E-state index is 0.645. The van der Waals surface area contributed by atoms with E-state index in [2.05, 4.69) is 47.6 Å². The van der Waals surface area contributed by atoms with Crippen molar-refractivity contribution in [2.75, 3.05) is 5.32 Å². The maximum atomic E-state index is 9.27. The quantitative estimate of drug-likeness (QED) is 0.783. The van der Waals surface area contributed by atoms with Crippen LogP contribution in [0.3, 0.4) is 0 Å². The van der Waals surface area contributed by atoms with Crippen molar-refractivity contribution in [3.8, 4) is 6.07 Å². The fourth-order valence-corrected chi connectivity index (χ4v) is 2.26. The van der Waals surface area contributed by atoms with E-state index in [0.717, 1.165) is 16.7 Å². The zero-order chi connectivity index (χ0) is 14.7. The summed E-state index contributed by atoms with van der Waals surface area (Å²) < 4.78 is 0. The normalized spacial score (nSPS) is 10.3.